The molecule has 3 rings (SSSR count). The third-order valence-corrected chi connectivity index (χ3v) is 3.75. The Kier molecular flexibility index (Phi) is 4.04. The van der Waals surface area contributed by atoms with Crippen molar-refractivity contribution in [1.82, 2.24) is 9.55 Å². The average molecular weight is 323 g/mol. The highest BCUT2D eigenvalue weighted by atomic mass is 16.5. The summed E-state index contributed by atoms with van der Waals surface area (Å²) < 4.78 is 6.51. The molecule has 24 heavy (non-hydrogen) atoms. The normalized spacial score (nSPS) is 10.6. The van der Waals surface area contributed by atoms with E-state index >= 15 is 0 Å². The summed E-state index contributed by atoms with van der Waals surface area (Å²) >= 11 is 0. The van der Waals surface area contributed by atoms with Gasteiger partial charge in [-0.25, -0.2) is 0 Å². The zero-order chi connectivity index (χ0) is 17.3. The molecule has 0 aliphatic rings. The highest BCUT2D eigenvalue weighted by molar-refractivity contribution is 6.09. The van der Waals surface area contributed by atoms with E-state index in [1.54, 1.807) is 7.05 Å². The van der Waals surface area contributed by atoms with E-state index < -0.39 is 0 Å². The van der Waals surface area contributed by atoms with Crippen LogP contribution in [0.5, 0.6) is 5.75 Å². The van der Waals surface area contributed by atoms with Crippen molar-refractivity contribution in [3.8, 4) is 5.75 Å². The molecule has 0 spiro atoms. The first-order chi connectivity index (χ1) is 11.5. The number of pyridine rings is 2. The van der Waals surface area contributed by atoms with Crippen molar-refractivity contribution in [2.24, 2.45) is 7.05 Å². The van der Waals surface area contributed by atoms with Crippen LogP contribution in [-0.2, 0) is 7.05 Å². The van der Waals surface area contributed by atoms with Crippen molar-refractivity contribution >= 4 is 22.5 Å². The summed E-state index contributed by atoms with van der Waals surface area (Å²) in [6, 6.07) is 10.7. The lowest BCUT2D eigenvalue weighted by Crippen LogP contribution is -2.21. The molecule has 0 aliphatic carbocycles. The fourth-order valence-electron chi connectivity index (χ4n) is 2.55. The van der Waals surface area contributed by atoms with Gasteiger partial charge in [-0.3, -0.25) is 14.6 Å². The monoisotopic (exact) mass is 323 g/mol. The number of fused-ring (bicyclic) bond motifs is 1. The molecule has 0 fully saturated rings. The third-order valence-electron chi connectivity index (χ3n) is 3.75. The number of para-hydroxylation sites is 1. The lowest BCUT2D eigenvalue weighted by molar-refractivity contribution is 0.102. The molecule has 2 heterocycles. The van der Waals surface area contributed by atoms with Gasteiger partial charge in [-0.1, -0.05) is 18.2 Å². The van der Waals surface area contributed by atoms with E-state index in [-0.39, 0.29) is 22.8 Å². The molecule has 0 aliphatic heterocycles. The topological polar surface area (TPSA) is 73.2 Å². The van der Waals surface area contributed by atoms with Crippen molar-refractivity contribution < 1.29 is 9.53 Å². The molecule has 6 heteroatoms. The van der Waals surface area contributed by atoms with Crippen LogP contribution in [0.2, 0.25) is 0 Å². The van der Waals surface area contributed by atoms with Crippen LogP contribution in [0.15, 0.2) is 47.4 Å². The third kappa shape index (κ3) is 2.86. The Hall–Kier alpha value is -3.15. The number of hydrogen-bond donors (Lipinski definition) is 1. The maximum Gasteiger partial charge on any atom is 0.260 e. The Balaban J connectivity index is 2.05. The highest BCUT2D eigenvalue weighted by Crippen LogP contribution is 2.24. The van der Waals surface area contributed by atoms with E-state index in [0.29, 0.717) is 5.69 Å². The molecule has 0 atom stereocenters. The molecule has 1 aromatic carbocycles. The molecule has 0 radical (unpaired) electrons. The van der Waals surface area contributed by atoms with Gasteiger partial charge in [0, 0.05) is 30.4 Å². The van der Waals surface area contributed by atoms with E-state index in [1.807, 2.05) is 37.3 Å². The van der Waals surface area contributed by atoms with Crippen molar-refractivity contribution in [1.29, 1.82) is 0 Å². The molecule has 3 aromatic rings. The largest absolute Gasteiger partial charge is 0.496 e. The first-order valence-corrected chi connectivity index (χ1v) is 7.42. The van der Waals surface area contributed by atoms with E-state index in [1.165, 1.54) is 23.9 Å². The molecule has 1 amide bonds. The molecular formula is C18H17N3O3. The number of nitrogens with zero attached hydrogens (tertiary/aromatic N) is 2. The Morgan fingerprint density at radius 2 is 2.00 bits per heavy atom. The quantitative estimate of drug-likeness (QED) is 0.804. The number of methoxy groups -OCH3 is 1. The predicted octanol–water partition coefficient (Wildman–Crippen LogP) is 2.50. The predicted molar refractivity (Wildman–Crippen MR) is 92.7 cm³/mol. The Morgan fingerprint density at radius 1 is 1.25 bits per heavy atom. The second-order valence-electron chi connectivity index (χ2n) is 5.49. The molecule has 6 nitrogen and oxygen atoms in total. The number of carbonyl (C=O) groups is 1. The summed E-state index contributed by atoms with van der Waals surface area (Å²) in [5, 5.41) is 3.74. The number of aromatic nitrogens is 2. The van der Waals surface area contributed by atoms with Crippen molar-refractivity contribution in [2.45, 2.75) is 6.92 Å². The van der Waals surface area contributed by atoms with Crippen LogP contribution < -0.4 is 15.6 Å². The first kappa shape index (κ1) is 15.7. The number of rotatable bonds is 3. The fourth-order valence-corrected chi connectivity index (χ4v) is 2.55. The molecule has 122 valence electrons. The van der Waals surface area contributed by atoms with Gasteiger partial charge >= 0.3 is 0 Å². The summed E-state index contributed by atoms with van der Waals surface area (Å²) in [5.74, 6) is -0.108. The first-order valence-electron chi connectivity index (χ1n) is 7.42. The van der Waals surface area contributed by atoms with Gasteiger partial charge in [-0.2, -0.15) is 0 Å². The number of anilines is 1. The van der Waals surface area contributed by atoms with Crippen LogP contribution >= 0.6 is 0 Å². The Bertz CT molecular complexity index is 992. The molecular weight excluding hydrogens is 306 g/mol. The molecule has 0 saturated carbocycles. The van der Waals surface area contributed by atoms with Crippen LogP contribution in [0.3, 0.4) is 0 Å². The minimum atomic E-state index is -0.349. The number of nitrogens with one attached hydrogen (secondary N) is 1. The van der Waals surface area contributed by atoms with E-state index in [9.17, 15) is 9.59 Å². The zero-order valence-electron chi connectivity index (χ0n) is 13.7. The van der Waals surface area contributed by atoms with E-state index in [0.717, 1.165) is 16.6 Å². The smallest absolute Gasteiger partial charge is 0.260 e. The summed E-state index contributed by atoms with van der Waals surface area (Å²) in [5.41, 5.74) is 2.32. The Labute approximate surface area is 138 Å². The molecule has 2 aromatic heterocycles. The van der Waals surface area contributed by atoms with Crippen LogP contribution in [-0.4, -0.2) is 22.6 Å². The number of carbonyl (C=O) groups excluding carboxylic acids is 1. The lowest BCUT2D eigenvalue weighted by Gasteiger charge is -2.12. The summed E-state index contributed by atoms with van der Waals surface area (Å²) in [7, 11) is 3.02. The van der Waals surface area contributed by atoms with Crippen molar-refractivity contribution in [3.05, 3.63) is 64.2 Å². The zero-order valence-corrected chi connectivity index (χ0v) is 13.7. The van der Waals surface area contributed by atoms with Gasteiger partial charge in [0.25, 0.3) is 11.5 Å². The number of benzene rings is 1. The van der Waals surface area contributed by atoms with Crippen molar-refractivity contribution in [2.75, 3.05) is 12.4 Å². The van der Waals surface area contributed by atoms with Crippen molar-refractivity contribution in [3.63, 3.8) is 0 Å². The second kappa shape index (κ2) is 6.16. The minimum Gasteiger partial charge on any atom is -0.496 e. The van der Waals surface area contributed by atoms with Gasteiger partial charge in [-0.15, -0.1) is 0 Å². The van der Waals surface area contributed by atoms with Gasteiger partial charge in [0.2, 0.25) is 0 Å². The summed E-state index contributed by atoms with van der Waals surface area (Å²) in [6.45, 7) is 1.87. The van der Waals surface area contributed by atoms with Gasteiger partial charge in [-0.05, 0) is 19.1 Å². The summed E-state index contributed by atoms with van der Waals surface area (Å²) in [4.78, 5) is 28.8. The van der Waals surface area contributed by atoms with E-state index in [4.69, 9.17) is 4.74 Å². The van der Waals surface area contributed by atoms with Crippen LogP contribution in [0.4, 0.5) is 5.69 Å². The number of ether oxygens (including phenoxy) is 1. The van der Waals surface area contributed by atoms with Crippen LogP contribution in [0.1, 0.15) is 16.1 Å². The number of amides is 1. The Morgan fingerprint density at radius 3 is 2.75 bits per heavy atom. The van der Waals surface area contributed by atoms with E-state index in [2.05, 4.69) is 10.3 Å². The number of hydrogen-bond acceptors (Lipinski definition) is 4. The van der Waals surface area contributed by atoms with Gasteiger partial charge in [0.05, 0.1) is 23.9 Å². The van der Waals surface area contributed by atoms with Crippen LogP contribution in [0, 0.1) is 6.92 Å². The van der Waals surface area contributed by atoms with Crippen LogP contribution in [0.25, 0.3) is 10.9 Å². The average Bonchev–Trinajstić information content (AvgIpc) is 2.56. The molecule has 0 unspecified atom stereocenters. The second-order valence-corrected chi connectivity index (χ2v) is 5.49. The SMILES string of the molecule is COc1cc(=O)n(C)cc1C(=O)Nc1cc(C)nc2ccccc12. The fraction of sp³-hybridized carbons (Fsp3) is 0.167. The number of aryl methyl sites for hydroxylation is 2. The van der Waals surface area contributed by atoms with Gasteiger partial charge in [0.15, 0.2) is 0 Å². The molecule has 0 bridgehead atoms. The maximum absolute atomic E-state index is 12.7. The standard InChI is InChI=1S/C18H17N3O3/c1-11-8-15(12-6-4-5-7-14(12)19-11)20-18(23)13-10-21(2)17(22)9-16(13)24-3/h4-10H,1-3H3,(H,19,20,23). The molecule has 1 N–H and O–H groups in total. The van der Waals surface area contributed by atoms with Gasteiger partial charge < -0.3 is 14.6 Å². The summed E-state index contributed by atoms with van der Waals surface area (Å²) in [6.07, 6.45) is 1.47. The molecule has 0 saturated heterocycles. The maximum atomic E-state index is 12.7. The minimum absolute atomic E-state index is 0.241. The van der Waals surface area contributed by atoms with Gasteiger partial charge in [0.1, 0.15) is 5.75 Å². The highest BCUT2D eigenvalue weighted by Gasteiger charge is 2.16. The lowest BCUT2D eigenvalue weighted by atomic mass is 10.1.